The van der Waals surface area contributed by atoms with E-state index in [2.05, 4.69) is 0 Å². The molecule has 0 aromatic carbocycles. The smallest absolute Gasteiger partial charge is 0.214 e. The number of hydrogen-bond acceptors (Lipinski definition) is 3. The quantitative estimate of drug-likeness (QED) is 0.695. The Bertz CT molecular complexity index is 370. The van der Waals surface area contributed by atoms with Gasteiger partial charge >= 0.3 is 0 Å². The van der Waals surface area contributed by atoms with Gasteiger partial charge in [0.25, 0.3) is 0 Å². The molecule has 1 aromatic rings. The standard InChI is InChI=1S/C12H17NO3/c1-4-11(5-6-14)13(8-15)12-7-9(2)16-10(12)3/h6-8,11H,4-5H2,1-3H3. The molecular weight excluding hydrogens is 206 g/mol. The second kappa shape index (κ2) is 5.49. The summed E-state index contributed by atoms with van der Waals surface area (Å²) in [5, 5.41) is 0. The number of carbonyl (C=O) groups is 2. The normalized spacial score (nSPS) is 12.2. The van der Waals surface area contributed by atoms with Crippen molar-refractivity contribution in [1.29, 1.82) is 0 Å². The Balaban J connectivity index is 3.00. The number of hydrogen-bond donors (Lipinski definition) is 0. The average Bonchev–Trinajstić information content (AvgIpc) is 2.58. The topological polar surface area (TPSA) is 50.5 Å². The highest BCUT2D eigenvalue weighted by molar-refractivity contribution is 5.78. The maximum atomic E-state index is 11.1. The van der Waals surface area contributed by atoms with Gasteiger partial charge in [0.2, 0.25) is 6.41 Å². The second-order valence-corrected chi connectivity index (χ2v) is 3.78. The van der Waals surface area contributed by atoms with Crippen molar-refractivity contribution in [3.63, 3.8) is 0 Å². The van der Waals surface area contributed by atoms with E-state index in [0.29, 0.717) is 12.2 Å². The summed E-state index contributed by atoms with van der Waals surface area (Å²) in [6, 6.07) is 1.72. The average molecular weight is 223 g/mol. The summed E-state index contributed by atoms with van der Waals surface area (Å²) in [6.07, 6.45) is 2.68. The van der Waals surface area contributed by atoms with Gasteiger partial charge in [-0.25, -0.2) is 0 Å². The molecule has 0 saturated carbocycles. The van der Waals surface area contributed by atoms with Gasteiger partial charge in [0.1, 0.15) is 17.8 Å². The van der Waals surface area contributed by atoms with Crippen molar-refractivity contribution in [2.24, 2.45) is 0 Å². The van der Waals surface area contributed by atoms with Gasteiger partial charge in [-0.1, -0.05) is 6.92 Å². The predicted molar refractivity (Wildman–Crippen MR) is 61.5 cm³/mol. The summed E-state index contributed by atoms with van der Waals surface area (Å²) in [5.74, 6) is 1.47. The van der Waals surface area contributed by atoms with E-state index in [1.54, 1.807) is 4.90 Å². The minimum Gasteiger partial charge on any atom is -0.464 e. The Morgan fingerprint density at radius 3 is 2.50 bits per heavy atom. The number of furan rings is 1. The Labute approximate surface area is 95.2 Å². The van der Waals surface area contributed by atoms with E-state index >= 15 is 0 Å². The zero-order valence-electron chi connectivity index (χ0n) is 9.90. The molecule has 1 unspecified atom stereocenters. The molecule has 0 spiro atoms. The maximum absolute atomic E-state index is 11.1. The van der Waals surface area contributed by atoms with Gasteiger partial charge < -0.3 is 14.1 Å². The lowest BCUT2D eigenvalue weighted by Gasteiger charge is -2.25. The molecule has 1 atom stereocenters. The Morgan fingerprint density at radius 2 is 2.12 bits per heavy atom. The molecule has 0 fully saturated rings. The van der Waals surface area contributed by atoms with Crippen molar-refractivity contribution in [3.05, 3.63) is 17.6 Å². The third kappa shape index (κ3) is 2.51. The molecule has 0 aliphatic rings. The van der Waals surface area contributed by atoms with Crippen LogP contribution in [-0.2, 0) is 9.59 Å². The fourth-order valence-electron chi connectivity index (χ4n) is 1.80. The van der Waals surface area contributed by atoms with Crippen molar-refractivity contribution in [3.8, 4) is 0 Å². The lowest BCUT2D eigenvalue weighted by molar-refractivity contribution is -0.109. The second-order valence-electron chi connectivity index (χ2n) is 3.78. The number of nitrogens with zero attached hydrogens (tertiary/aromatic N) is 1. The van der Waals surface area contributed by atoms with Gasteiger partial charge in [0.05, 0.1) is 5.69 Å². The molecule has 0 bridgehead atoms. The molecule has 0 saturated heterocycles. The Kier molecular flexibility index (Phi) is 4.28. The fraction of sp³-hybridized carbons (Fsp3) is 0.500. The highest BCUT2D eigenvalue weighted by Crippen LogP contribution is 2.26. The summed E-state index contributed by atoms with van der Waals surface area (Å²) < 4.78 is 5.38. The van der Waals surface area contributed by atoms with E-state index < -0.39 is 0 Å². The largest absolute Gasteiger partial charge is 0.464 e. The number of aldehydes is 1. The minimum atomic E-state index is -0.0919. The molecular formula is C12H17NO3. The molecule has 4 heteroatoms. The van der Waals surface area contributed by atoms with Gasteiger partial charge in [0.15, 0.2) is 0 Å². The molecule has 0 N–H and O–H groups in total. The van der Waals surface area contributed by atoms with E-state index in [9.17, 15) is 9.59 Å². The van der Waals surface area contributed by atoms with E-state index in [0.717, 1.165) is 30.6 Å². The summed E-state index contributed by atoms with van der Waals surface area (Å²) >= 11 is 0. The van der Waals surface area contributed by atoms with Crippen LogP contribution in [0.5, 0.6) is 0 Å². The molecule has 16 heavy (non-hydrogen) atoms. The van der Waals surface area contributed by atoms with Crippen LogP contribution in [0.2, 0.25) is 0 Å². The summed E-state index contributed by atoms with van der Waals surface area (Å²) in [6.45, 7) is 5.60. The zero-order chi connectivity index (χ0) is 12.1. The van der Waals surface area contributed by atoms with Crippen LogP contribution >= 0.6 is 0 Å². The van der Waals surface area contributed by atoms with Crippen LogP contribution in [0.25, 0.3) is 0 Å². The first-order valence-corrected chi connectivity index (χ1v) is 5.38. The number of anilines is 1. The van der Waals surface area contributed by atoms with Gasteiger partial charge in [-0.2, -0.15) is 0 Å². The van der Waals surface area contributed by atoms with Crippen LogP contribution in [0.15, 0.2) is 10.5 Å². The fourth-order valence-corrected chi connectivity index (χ4v) is 1.80. The van der Waals surface area contributed by atoms with Crippen LogP contribution in [0, 0.1) is 13.8 Å². The van der Waals surface area contributed by atoms with E-state index in [-0.39, 0.29) is 6.04 Å². The summed E-state index contributed by atoms with van der Waals surface area (Å²) in [5.41, 5.74) is 0.751. The highest BCUT2D eigenvalue weighted by Gasteiger charge is 2.20. The van der Waals surface area contributed by atoms with Crippen LogP contribution in [-0.4, -0.2) is 18.7 Å². The number of aryl methyl sites for hydroxylation is 2. The molecule has 88 valence electrons. The number of rotatable bonds is 6. The third-order valence-electron chi connectivity index (χ3n) is 2.64. The molecule has 1 aromatic heterocycles. The monoisotopic (exact) mass is 223 g/mol. The zero-order valence-corrected chi connectivity index (χ0v) is 9.90. The first-order chi connectivity index (χ1) is 7.63. The van der Waals surface area contributed by atoms with Crippen molar-refractivity contribution < 1.29 is 14.0 Å². The van der Waals surface area contributed by atoms with Gasteiger partial charge in [-0.05, 0) is 20.3 Å². The predicted octanol–water partition coefficient (Wildman–Crippen LogP) is 2.23. The molecule has 1 heterocycles. The molecule has 1 amide bonds. The third-order valence-corrected chi connectivity index (χ3v) is 2.64. The van der Waals surface area contributed by atoms with Crippen LogP contribution in [0.1, 0.15) is 31.3 Å². The van der Waals surface area contributed by atoms with Gasteiger partial charge in [0, 0.05) is 18.5 Å². The first-order valence-electron chi connectivity index (χ1n) is 5.38. The van der Waals surface area contributed by atoms with Crippen molar-refractivity contribution in [1.82, 2.24) is 0 Å². The summed E-state index contributed by atoms with van der Waals surface area (Å²) in [4.78, 5) is 23.2. The summed E-state index contributed by atoms with van der Waals surface area (Å²) in [7, 11) is 0. The van der Waals surface area contributed by atoms with Crippen molar-refractivity contribution in [2.45, 2.75) is 39.7 Å². The number of amides is 1. The minimum absolute atomic E-state index is 0.0919. The van der Waals surface area contributed by atoms with Gasteiger partial charge in [-0.15, -0.1) is 0 Å². The lowest BCUT2D eigenvalue weighted by atomic mass is 10.1. The Hall–Kier alpha value is -1.58. The van der Waals surface area contributed by atoms with E-state index in [4.69, 9.17) is 4.42 Å². The molecule has 0 aliphatic heterocycles. The SMILES string of the molecule is CCC(CC=O)N(C=O)c1cc(C)oc1C. The molecule has 0 radical (unpaired) electrons. The first kappa shape index (κ1) is 12.5. The molecule has 1 rings (SSSR count). The molecule has 0 aliphatic carbocycles. The van der Waals surface area contributed by atoms with Crippen LogP contribution in [0.4, 0.5) is 5.69 Å². The molecule has 4 nitrogen and oxygen atoms in total. The van der Waals surface area contributed by atoms with Gasteiger partial charge in [-0.3, -0.25) is 4.79 Å². The number of carbonyl (C=O) groups excluding carboxylic acids is 2. The van der Waals surface area contributed by atoms with Crippen LogP contribution < -0.4 is 4.90 Å². The highest BCUT2D eigenvalue weighted by atomic mass is 16.3. The van der Waals surface area contributed by atoms with E-state index in [1.807, 2.05) is 26.8 Å². The Morgan fingerprint density at radius 1 is 1.44 bits per heavy atom. The van der Waals surface area contributed by atoms with E-state index in [1.165, 1.54) is 0 Å². The maximum Gasteiger partial charge on any atom is 0.214 e. The van der Waals surface area contributed by atoms with Crippen LogP contribution in [0.3, 0.4) is 0 Å². The van der Waals surface area contributed by atoms with Crippen molar-refractivity contribution >= 4 is 18.4 Å². The lowest BCUT2D eigenvalue weighted by Crippen LogP contribution is -2.34. The van der Waals surface area contributed by atoms with Crippen molar-refractivity contribution in [2.75, 3.05) is 4.90 Å².